The van der Waals surface area contributed by atoms with Crippen LogP contribution in [-0.4, -0.2) is 38.8 Å². The first kappa shape index (κ1) is 19.3. The molecule has 1 fully saturated rings. The maximum atomic E-state index is 13.0. The Labute approximate surface area is 173 Å². The van der Waals surface area contributed by atoms with E-state index in [0.717, 1.165) is 5.56 Å². The van der Waals surface area contributed by atoms with Crippen LogP contribution in [-0.2, 0) is 16.1 Å². The molecule has 7 heteroatoms. The van der Waals surface area contributed by atoms with Crippen molar-refractivity contribution < 1.29 is 19.4 Å². The lowest BCUT2D eigenvalue weighted by Gasteiger charge is -2.25. The van der Waals surface area contributed by atoms with Crippen LogP contribution in [0.3, 0.4) is 0 Å². The van der Waals surface area contributed by atoms with Crippen molar-refractivity contribution >= 4 is 17.4 Å². The van der Waals surface area contributed by atoms with Crippen molar-refractivity contribution in [2.24, 2.45) is 0 Å². The first-order valence-corrected chi connectivity index (χ1v) is 9.32. The summed E-state index contributed by atoms with van der Waals surface area (Å²) in [6.07, 6.45) is 6.46. The Balaban J connectivity index is 1.85. The first-order valence-electron chi connectivity index (χ1n) is 9.32. The number of nitrogens with zero attached hydrogens (tertiary/aromatic N) is 3. The Hall–Kier alpha value is -4.00. The number of Topliss-reactive ketones (excluding diaryl/α,β-unsaturated/α-hetero) is 1. The second kappa shape index (κ2) is 8.16. The van der Waals surface area contributed by atoms with Gasteiger partial charge in [-0.15, -0.1) is 0 Å². The van der Waals surface area contributed by atoms with Crippen LogP contribution >= 0.6 is 0 Å². The largest absolute Gasteiger partial charge is 0.507 e. The van der Waals surface area contributed by atoms with Crippen LogP contribution in [0.15, 0.2) is 78.9 Å². The topological polar surface area (TPSA) is 92.6 Å². The number of hydrogen-bond acceptors (Lipinski definition) is 6. The van der Waals surface area contributed by atoms with Crippen LogP contribution in [0.25, 0.3) is 5.76 Å². The fraction of sp³-hybridized carbons (Fsp3) is 0.130. The molecule has 1 aliphatic rings. The van der Waals surface area contributed by atoms with Crippen molar-refractivity contribution in [1.29, 1.82) is 0 Å². The van der Waals surface area contributed by atoms with Gasteiger partial charge >= 0.3 is 0 Å². The molecule has 1 atom stereocenters. The van der Waals surface area contributed by atoms with E-state index in [0.29, 0.717) is 16.9 Å². The molecule has 0 aliphatic carbocycles. The van der Waals surface area contributed by atoms with Gasteiger partial charge in [0.1, 0.15) is 11.5 Å². The Bertz CT molecular complexity index is 1110. The molecule has 0 bridgehead atoms. The van der Waals surface area contributed by atoms with Crippen molar-refractivity contribution in [2.45, 2.75) is 12.6 Å². The summed E-state index contributed by atoms with van der Waals surface area (Å²) in [6.45, 7) is 0.196. The smallest absolute Gasteiger partial charge is 0.295 e. The third kappa shape index (κ3) is 3.53. The quantitative estimate of drug-likeness (QED) is 0.401. The number of aromatic nitrogens is 2. The highest BCUT2D eigenvalue weighted by Crippen LogP contribution is 2.40. The van der Waals surface area contributed by atoms with Gasteiger partial charge in [0, 0.05) is 36.9 Å². The normalized spacial score (nSPS) is 17.9. The molecule has 1 aromatic carbocycles. The molecule has 2 aromatic heterocycles. The van der Waals surface area contributed by atoms with Crippen LogP contribution in [0.5, 0.6) is 5.75 Å². The minimum Gasteiger partial charge on any atom is -0.507 e. The number of aliphatic hydroxyl groups is 1. The fourth-order valence-corrected chi connectivity index (χ4v) is 3.54. The molecule has 1 aliphatic heterocycles. The van der Waals surface area contributed by atoms with Gasteiger partial charge in [-0.1, -0.05) is 18.2 Å². The third-order valence-corrected chi connectivity index (χ3v) is 4.99. The number of carbonyl (C=O) groups excluding carboxylic acids is 2. The molecule has 3 heterocycles. The molecular weight excluding hydrogens is 382 g/mol. The molecule has 1 saturated heterocycles. The van der Waals surface area contributed by atoms with Crippen molar-refractivity contribution in [3.8, 4) is 5.75 Å². The van der Waals surface area contributed by atoms with E-state index >= 15 is 0 Å². The van der Waals surface area contributed by atoms with Gasteiger partial charge in [-0.05, 0) is 41.5 Å². The van der Waals surface area contributed by atoms with Crippen molar-refractivity contribution in [3.05, 3.63) is 95.6 Å². The minimum absolute atomic E-state index is 0.0234. The number of likely N-dealkylation sites (tertiary alicyclic amines) is 1. The van der Waals surface area contributed by atoms with Crippen molar-refractivity contribution in [3.63, 3.8) is 0 Å². The zero-order chi connectivity index (χ0) is 21.1. The number of carbonyl (C=O) groups is 2. The van der Waals surface area contributed by atoms with Crippen LogP contribution in [0.1, 0.15) is 22.7 Å². The monoisotopic (exact) mass is 401 g/mol. The molecule has 0 radical (unpaired) electrons. The maximum absolute atomic E-state index is 13.0. The average molecular weight is 401 g/mol. The number of amides is 1. The SMILES string of the molecule is COc1cccc(/C(O)=C2/C(=O)C(=O)N(Cc3ccncc3)C2c2cccnc2)c1. The molecule has 30 heavy (non-hydrogen) atoms. The van der Waals surface area contributed by atoms with E-state index in [2.05, 4.69) is 9.97 Å². The van der Waals surface area contributed by atoms with Gasteiger partial charge in [-0.25, -0.2) is 0 Å². The highest BCUT2D eigenvalue weighted by Gasteiger charge is 2.46. The molecule has 0 spiro atoms. The van der Waals surface area contributed by atoms with Gasteiger partial charge in [-0.2, -0.15) is 0 Å². The van der Waals surface area contributed by atoms with Crippen molar-refractivity contribution in [2.75, 3.05) is 7.11 Å². The lowest BCUT2D eigenvalue weighted by molar-refractivity contribution is -0.140. The van der Waals surface area contributed by atoms with Gasteiger partial charge in [-0.3, -0.25) is 19.6 Å². The van der Waals surface area contributed by atoms with Crippen LogP contribution in [0.2, 0.25) is 0 Å². The van der Waals surface area contributed by atoms with E-state index in [9.17, 15) is 14.7 Å². The number of rotatable bonds is 5. The third-order valence-electron chi connectivity index (χ3n) is 4.99. The molecular formula is C23H19N3O4. The van der Waals surface area contributed by atoms with E-state index < -0.39 is 17.7 Å². The number of hydrogen-bond donors (Lipinski definition) is 1. The molecule has 150 valence electrons. The summed E-state index contributed by atoms with van der Waals surface area (Å²) in [7, 11) is 1.52. The Morgan fingerprint density at radius 1 is 1.07 bits per heavy atom. The molecule has 0 saturated carbocycles. The van der Waals surface area contributed by atoms with Crippen LogP contribution in [0, 0.1) is 0 Å². The molecule has 1 unspecified atom stereocenters. The maximum Gasteiger partial charge on any atom is 0.295 e. The number of ether oxygens (including phenoxy) is 1. The van der Waals surface area contributed by atoms with E-state index in [1.165, 1.54) is 12.0 Å². The number of benzene rings is 1. The van der Waals surface area contributed by atoms with Crippen molar-refractivity contribution in [1.82, 2.24) is 14.9 Å². The predicted molar refractivity (Wildman–Crippen MR) is 109 cm³/mol. The second-order valence-electron chi connectivity index (χ2n) is 6.80. The first-order chi connectivity index (χ1) is 14.6. The Morgan fingerprint density at radius 3 is 2.57 bits per heavy atom. The summed E-state index contributed by atoms with van der Waals surface area (Å²) in [5.74, 6) is -1.13. The number of pyridine rings is 2. The number of methoxy groups -OCH3 is 1. The summed E-state index contributed by atoms with van der Waals surface area (Å²) in [5.41, 5.74) is 1.87. The zero-order valence-electron chi connectivity index (χ0n) is 16.2. The molecule has 3 aromatic rings. The Kier molecular flexibility index (Phi) is 5.26. The van der Waals surface area contributed by atoms with E-state index in [4.69, 9.17) is 4.74 Å². The minimum atomic E-state index is -0.766. The average Bonchev–Trinajstić information content (AvgIpc) is 3.05. The summed E-state index contributed by atoms with van der Waals surface area (Å²) >= 11 is 0. The van der Waals surface area contributed by atoms with Crippen LogP contribution in [0.4, 0.5) is 0 Å². The standard InChI is InChI=1S/C23H19N3O4/c1-30-18-6-2-4-16(12-18)21(27)19-20(17-5-3-9-25-13-17)26(23(29)22(19)28)14-15-7-10-24-11-8-15/h2-13,20,27H,14H2,1H3/b21-19-. The lowest BCUT2D eigenvalue weighted by atomic mass is 9.96. The summed E-state index contributed by atoms with van der Waals surface area (Å²) in [4.78, 5) is 35.5. The van der Waals surface area contributed by atoms with Gasteiger partial charge in [0.2, 0.25) is 0 Å². The van der Waals surface area contributed by atoms with Gasteiger partial charge < -0.3 is 14.7 Å². The lowest BCUT2D eigenvalue weighted by Crippen LogP contribution is -2.29. The molecule has 1 N–H and O–H groups in total. The van der Waals surface area contributed by atoms with Gasteiger partial charge in [0.05, 0.1) is 18.7 Å². The molecule has 1 amide bonds. The second-order valence-corrected chi connectivity index (χ2v) is 6.80. The Morgan fingerprint density at radius 2 is 1.87 bits per heavy atom. The number of aliphatic hydroxyl groups excluding tert-OH is 1. The molecule has 7 nitrogen and oxygen atoms in total. The van der Waals surface area contributed by atoms with Gasteiger partial charge in [0.15, 0.2) is 0 Å². The highest BCUT2D eigenvalue weighted by molar-refractivity contribution is 6.46. The van der Waals surface area contributed by atoms with E-state index in [-0.39, 0.29) is 17.9 Å². The zero-order valence-corrected chi connectivity index (χ0v) is 16.2. The predicted octanol–water partition coefficient (Wildman–Crippen LogP) is 3.11. The molecule has 4 rings (SSSR count). The van der Waals surface area contributed by atoms with E-state index in [1.54, 1.807) is 73.3 Å². The summed E-state index contributed by atoms with van der Waals surface area (Å²) in [5, 5.41) is 11.0. The summed E-state index contributed by atoms with van der Waals surface area (Å²) < 4.78 is 5.22. The van der Waals surface area contributed by atoms with Crippen LogP contribution < -0.4 is 4.74 Å². The highest BCUT2D eigenvalue weighted by atomic mass is 16.5. The van der Waals surface area contributed by atoms with Gasteiger partial charge in [0.25, 0.3) is 11.7 Å². The summed E-state index contributed by atoms with van der Waals surface area (Å²) in [6, 6.07) is 13.0. The van der Waals surface area contributed by atoms with E-state index in [1.807, 2.05) is 0 Å². The fourth-order valence-electron chi connectivity index (χ4n) is 3.54. The number of ketones is 1.